The molecule has 0 unspecified atom stereocenters. The summed E-state index contributed by atoms with van der Waals surface area (Å²) in [5.41, 5.74) is 16.4. The number of benzene rings is 5. The van der Waals surface area contributed by atoms with Gasteiger partial charge in [0.05, 0.1) is 12.2 Å². The van der Waals surface area contributed by atoms with E-state index < -0.39 is 0 Å². The summed E-state index contributed by atoms with van der Waals surface area (Å²) >= 11 is 0. The van der Waals surface area contributed by atoms with Crippen molar-refractivity contribution in [2.75, 3.05) is 30.1 Å². The van der Waals surface area contributed by atoms with Crippen LogP contribution in [-0.4, -0.2) is 31.8 Å². The van der Waals surface area contributed by atoms with Gasteiger partial charge in [-0.3, -0.25) is 4.79 Å². The standard InChI is InChI=1S/C46H54N2O3/c1-31-11-18-41(29-33(31)3)47(10)43-22-16-38(27-35(43)5)39-17-23-44(36(6)28-39)48(42-19-12-32(2)34(4)30-42)40-20-13-37(14-21-40)15-24-45(49)50-25-26-51-46(7,8)9/h11-14,16-23,27-30H,15,24-26H2,1-10H3. The second-order valence-electron chi connectivity index (χ2n) is 14.8. The smallest absolute Gasteiger partial charge is 0.306 e. The minimum absolute atomic E-state index is 0.206. The number of hydrogen-bond donors (Lipinski definition) is 0. The van der Waals surface area contributed by atoms with Crippen LogP contribution in [0.5, 0.6) is 0 Å². The number of anilines is 5. The van der Waals surface area contributed by atoms with Gasteiger partial charge in [-0.05, 0) is 179 Å². The summed E-state index contributed by atoms with van der Waals surface area (Å²) in [4.78, 5) is 17.0. The van der Waals surface area contributed by atoms with Crippen LogP contribution in [0.3, 0.4) is 0 Å². The summed E-state index contributed by atoms with van der Waals surface area (Å²) in [5, 5.41) is 0. The molecule has 0 heterocycles. The van der Waals surface area contributed by atoms with E-state index in [0.29, 0.717) is 19.4 Å². The average molecular weight is 683 g/mol. The maximum absolute atomic E-state index is 12.4. The molecule has 0 aliphatic rings. The van der Waals surface area contributed by atoms with E-state index in [1.165, 1.54) is 55.9 Å². The molecular weight excluding hydrogens is 629 g/mol. The number of esters is 1. The minimum Gasteiger partial charge on any atom is -0.463 e. The van der Waals surface area contributed by atoms with Crippen molar-refractivity contribution in [2.45, 2.75) is 80.8 Å². The first kappa shape index (κ1) is 37.4. The first-order chi connectivity index (χ1) is 24.2. The molecule has 0 radical (unpaired) electrons. The molecule has 5 rings (SSSR count). The molecule has 0 bridgehead atoms. The Hall–Kier alpha value is -4.87. The molecule has 5 nitrogen and oxygen atoms in total. The number of hydrogen-bond acceptors (Lipinski definition) is 5. The molecule has 0 spiro atoms. The predicted molar refractivity (Wildman–Crippen MR) is 214 cm³/mol. The number of rotatable bonds is 12. The fourth-order valence-electron chi connectivity index (χ4n) is 6.30. The highest BCUT2D eigenvalue weighted by atomic mass is 16.6. The van der Waals surface area contributed by atoms with Crippen LogP contribution in [0.1, 0.15) is 66.1 Å². The Morgan fingerprint density at radius 3 is 1.65 bits per heavy atom. The van der Waals surface area contributed by atoms with Crippen LogP contribution in [0.2, 0.25) is 0 Å². The van der Waals surface area contributed by atoms with Crippen molar-refractivity contribution in [3.8, 4) is 11.1 Å². The van der Waals surface area contributed by atoms with Gasteiger partial charge < -0.3 is 19.3 Å². The molecule has 0 fully saturated rings. The topological polar surface area (TPSA) is 42.0 Å². The highest BCUT2D eigenvalue weighted by Crippen LogP contribution is 2.39. The maximum atomic E-state index is 12.4. The van der Waals surface area contributed by atoms with Gasteiger partial charge >= 0.3 is 5.97 Å². The van der Waals surface area contributed by atoms with Crippen LogP contribution in [0.15, 0.2) is 97.1 Å². The SMILES string of the molecule is Cc1ccc(N(C)c2ccc(-c3ccc(N(c4ccc(CCC(=O)OCCOC(C)(C)C)cc4)c4ccc(C)c(C)c4)c(C)c3)cc2C)cc1C. The summed E-state index contributed by atoms with van der Waals surface area (Å²) in [6.45, 7) is 19.6. The van der Waals surface area contributed by atoms with E-state index in [9.17, 15) is 4.79 Å². The molecule has 0 N–H and O–H groups in total. The molecule has 0 saturated heterocycles. The van der Waals surface area contributed by atoms with Crippen LogP contribution in [-0.2, 0) is 20.7 Å². The van der Waals surface area contributed by atoms with Gasteiger partial charge in [0.25, 0.3) is 0 Å². The van der Waals surface area contributed by atoms with E-state index in [-0.39, 0.29) is 18.2 Å². The summed E-state index contributed by atoms with van der Waals surface area (Å²) in [5.74, 6) is -0.206. The van der Waals surface area contributed by atoms with Gasteiger partial charge in [0.15, 0.2) is 0 Å². The summed E-state index contributed by atoms with van der Waals surface area (Å²) < 4.78 is 11.0. The molecule has 5 aromatic rings. The lowest BCUT2D eigenvalue weighted by molar-refractivity contribution is -0.146. The zero-order valence-corrected chi connectivity index (χ0v) is 32.2. The highest BCUT2D eigenvalue weighted by molar-refractivity contribution is 5.82. The Kier molecular flexibility index (Phi) is 11.7. The molecule has 0 aliphatic heterocycles. The van der Waals surface area contributed by atoms with Crippen molar-refractivity contribution >= 4 is 34.4 Å². The monoisotopic (exact) mass is 682 g/mol. The van der Waals surface area contributed by atoms with Gasteiger partial charge in [-0.2, -0.15) is 0 Å². The van der Waals surface area contributed by atoms with Gasteiger partial charge in [-0.25, -0.2) is 0 Å². The molecule has 266 valence electrons. The number of carbonyl (C=O) groups excluding carboxylic acids is 1. The first-order valence-corrected chi connectivity index (χ1v) is 18.0. The molecule has 0 atom stereocenters. The van der Waals surface area contributed by atoms with Gasteiger partial charge in [-0.15, -0.1) is 0 Å². The van der Waals surface area contributed by atoms with Crippen LogP contribution in [0.25, 0.3) is 11.1 Å². The van der Waals surface area contributed by atoms with Crippen molar-refractivity contribution in [1.82, 2.24) is 0 Å². The van der Waals surface area contributed by atoms with Crippen molar-refractivity contribution in [3.05, 3.63) is 136 Å². The molecule has 5 aromatic carbocycles. The fraction of sp³-hybridized carbons (Fsp3) is 0.326. The normalized spacial score (nSPS) is 11.4. The van der Waals surface area contributed by atoms with Crippen LogP contribution < -0.4 is 9.80 Å². The van der Waals surface area contributed by atoms with Gasteiger partial charge in [0.1, 0.15) is 6.61 Å². The van der Waals surface area contributed by atoms with Gasteiger partial charge in [0.2, 0.25) is 0 Å². The fourth-order valence-corrected chi connectivity index (χ4v) is 6.30. The van der Waals surface area contributed by atoms with Crippen molar-refractivity contribution in [3.63, 3.8) is 0 Å². The predicted octanol–water partition coefficient (Wildman–Crippen LogP) is 11.7. The number of carbonyl (C=O) groups is 1. The van der Waals surface area contributed by atoms with Gasteiger partial charge in [0, 0.05) is 41.9 Å². The summed E-state index contributed by atoms with van der Waals surface area (Å²) in [6.07, 6.45) is 0.952. The second-order valence-corrected chi connectivity index (χ2v) is 14.8. The summed E-state index contributed by atoms with van der Waals surface area (Å²) in [6, 6.07) is 35.3. The van der Waals surface area contributed by atoms with E-state index in [1.807, 2.05) is 20.8 Å². The van der Waals surface area contributed by atoms with Crippen molar-refractivity contribution < 1.29 is 14.3 Å². The van der Waals surface area contributed by atoms with E-state index >= 15 is 0 Å². The molecule has 51 heavy (non-hydrogen) atoms. The first-order valence-electron chi connectivity index (χ1n) is 18.0. The van der Waals surface area contributed by atoms with Crippen LogP contribution in [0, 0.1) is 41.5 Å². The lowest BCUT2D eigenvalue weighted by Crippen LogP contribution is -2.22. The van der Waals surface area contributed by atoms with Crippen LogP contribution in [0.4, 0.5) is 28.4 Å². The molecule has 5 heteroatoms. The Balaban J connectivity index is 1.36. The number of nitrogens with zero attached hydrogens (tertiary/aromatic N) is 2. The zero-order chi connectivity index (χ0) is 36.9. The van der Waals surface area contributed by atoms with Crippen LogP contribution >= 0.6 is 0 Å². The lowest BCUT2D eigenvalue weighted by Gasteiger charge is -2.28. The van der Waals surface area contributed by atoms with Crippen molar-refractivity contribution in [1.29, 1.82) is 0 Å². The van der Waals surface area contributed by atoms with E-state index in [1.54, 1.807) is 0 Å². The van der Waals surface area contributed by atoms with Gasteiger partial charge in [-0.1, -0.05) is 36.4 Å². The Bertz CT molecular complexity index is 1990. The zero-order valence-electron chi connectivity index (χ0n) is 32.2. The highest BCUT2D eigenvalue weighted by Gasteiger charge is 2.17. The molecule has 0 aromatic heterocycles. The van der Waals surface area contributed by atoms with E-state index in [0.717, 1.165) is 22.6 Å². The molecular formula is C46H54N2O3. The Morgan fingerprint density at radius 1 is 0.569 bits per heavy atom. The van der Waals surface area contributed by atoms with E-state index in [2.05, 4.69) is 155 Å². The summed E-state index contributed by atoms with van der Waals surface area (Å²) in [7, 11) is 2.14. The maximum Gasteiger partial charge on any atom is 0.306 e. The third kappa shape index (κ3) is 9.47. The molecule has 0 aliphatic carbocycles. The number of aryl methyl sites for hydroxylation is 7. The largest absolute Gasteiger partial charge is 0.463 e. The number of ether oxygens (including phenoxy) is 2. The third-order valence-corrected chi connectivity index (χ3v) is 9.65. The van der Waals surface area contributed by atoms with E-state index in [4.69, 9.17) is 9.47 Å². The minimum atomic E-state index is -0.245. The quantitative estimate of drug-likeness (QED) is 0.0968. The van der Waals surface area contributed by atoms with Crippen molar-refractivity contribution in [2.24, 2.45) is 0 Å². The third-order valence-electron chi connectivity index (χ3n) is 9.65. The Morgan fingerprint density at radius 2 is 1.10 bits per heavy atom. The lowest BCUT2D eigenvalue weighted by atomic mass is 9.98. The molecule has 0 amide bonds. The average Bonchev–Trinajstić information content (AvgIpc) is 3.09. The second kappa shape index (κ2) is 16.0. The Labute approximate surface area is 305 Å². The molecule has 0 saturated carbocycles.